The van der Waals surface area contributed by atoms with Crippen molar-refractivity contribution in [2.75, 3.05) is 48.1 Å². The summed E-state index contributed by atoms with van der Waals surface area (Å²) < 4.78 is 29.9. The fraction of sp³-hybridized carbons (Fsp3) is 0.939. The number of rotatable bonds is 30. The summed E-state index contributed by atoms with van der Waals surface area (Å²) in [5.74, 6) is -0.445. The summed E-state index contributed by atoms with van der Waals surface area (Å²) in [5.41, 5.74) is 0. The first kappa shape index (κ1) is 39.8. The highest BCUT2D eigenvalue weighted by Crippen LogP contribution is 2.51. The van der Waals surface area contributed by atoms with Crippen LogP contribution >= 0.6 is 7.60 Å². The molecule has 0 fully saturated rings. The van der Waals surface area contributed by atoms with E-state index in [1.54, 1.807) is 7.11 Å². The molecule has 0 aliphatic carbocycles. The van der Waals surface area contributed by atoms with Crippen LogP contribution in [-0.2, 0) is 18.6 Å². The number of hydrogen-bond donors (Lipinski definition) is 1. The van der Waals surface area contributed by atoms with Crippen molar-refractivity contribution in [1.29, 1.82) is 0 Å². The van der Waals surface area contributed by atoms with Crippen molar-refractivity contribution in [3.63, 3.8) is 0 Å². The smallest absolute Gasteiger partial charge is 0.379 e. The van der Waals surface area contributed by atoms with Gasteiger partial charge in [0.15, 0.2) is 5.78 Å². The highest BCUT2D eigenvalue weighted by molar-refractivity contribution is 7.53. The average Bonchev–Trinajstić information content (AvgIpc) is 2.91. The lowest BCUT2D eigenvalue weighted by atomic mass is 10.0. The molecule has 0 radical (unpaired) electrons. The molecule has 240 valence electrons. The minimum Gasteiger partial charge on any atom is -0.379 e. The maximum absolute atomic E-state index is 12.9. The molecule has 0 heterocycles. The summed E-state index contributed by atoms with van der Waals surface area (Å²) >= 11 is 0. The van der Waals surface area contributed by atoms with E-state index in [-0.39, 0.29) is 12.7 Å². The molecule has 0 aliphatic rings. The number of quaternary nitrogens is 1. The van der Waals surface area contributed by atoms with E-state index >= 15 is 0 Å². The van der Waals surface area contributed by atoms with Crippen LogP contribution < -0.4 is 0 Å². The molecular formula is C33H69NO5P+. The van der Waals surface area contributed by atoms with E-state index in [1.165, 1.54) is 96.3 Å². The zero-order valence-electron chi connectivity index (χ0n) is 27.5. The largest absolute Gasteiger partial charge is 0.385 e. The van der Waals surface area contributed by atoms with Gasteiger partial charge in [-0.3, -0.25) is 4.57 Å². The number of methoxy groups -OCH3 is 1. The Hall–Kier alpha value is -0.230. The molecule has 0 saturated heterocycles. The molecule has 0 aliphatic heterocycles. The third kappa shape index (κ3) is 23.3. The van der Waals surface area contributed by atoms with Crippen LogP contribution in [0.4, 0.5) is 0 Å². The zero-order valence-corrected chi connectivity index (χ0v) is 28.4. The Balaban J connectivity index is 3.65. The topological polar surface area (TPSA) is 65.0 Å². The minimum absolute atomic E-state index is 0.0640. The second-order valence-electron chi connectivity index (χ2n) is 12.5. The molecule has 40 heavy (non-hydrogen) atoms. The van der Waals surface area contributed by atoms with Gasteiger partial charge in [0.2, 0.25) is 0 Å². The van der Waals surface area contributed by atoms with Crippen LogP contribution in [0.5, 0.6) is 0 Å². The van der Waals surface area contributed by atoms with E-state index in [2.05, 4.69) is 19.1 Å². The molecule has 1 N–H and O–H groups in total. The second-order valence-corrected chi connectivity index (χ2v) is 14.5. The van der Waals surface area contributed by atoms with Gasteiger partial charge in [-0.05, 0) is 38.5 Å². The Kier molecular flexibility index (Phi) is 26.2. The van der Waals surface area contributed by atoms with Gasteiger partial charge in [-0.1, -0.05) is 109 Å². The Morgan fingerprint density at radius 2 is 1.18 bits per heavy atom. The van der Waals surface area contributed by atoms with Gasteiger partial charge in [-0.15, -0.1) is 0 Å². The Morgan fingerprint density at radius 1 is 0.700 bits per heavy atom. The predicted molar refractivity (Wildman–Crippen MR) is 172 cm³/mol. The summed E-state index contributed by atoms with van der Waals surface area (Å²) in [6.07, 6.45) is 29.9. The summed E-state index contributed by atoms with van der Waals surface area (Å²) in [7, 11) is 3.62. The number of hydrogen-bond acceptors (Lipinski definition) is 4. The molecule has 0 saturated carbocycles. The van der Waals surface area contributed by atoms with Crippen molar-refractivity contribution >= 4 is 7.60 Å². The van der Waals surface area contributed by atoms with Crippen LogP contribution in [0, 0.1) is 0 Å². The van der Waals surface area contributed by atoms with Crippen LogP contribution in [-0.4, -0.2) is 69.3 Å². The molecule has 0 amide bonds. The van der Waals surface area contributed by atoms with E-state index in [4.69, 9.17) is 14.0 Å². The van der Waals surface area contributed by atoms with Crippen molar-refractivity contribution in [3.8, 4) is 0 Å². The Morgan fingerprint density at radius 3 is 1.62 bits per heavy atom. The van der Waals surface area contributed by atoms with Crippen molar-refractivity contribution in [3.05, 3.63) is 12.2 Å². The zero-order chi connectivity index (χ0) is 30.0. The number of unbranched alkanes of at least 4 members (excludes halogenated alkanes) is 16. The first-order valence-corrected chi connectivity index (χ1v) is 18.4. The molecule has 0 rings (SSSR count). The van der Waals surface area contributed by atoms with E-state index in [9.17, 15) is 9.46 Å². The summed E-state index contributed by atoms with van der Waals surface area (Å²) in [4.78, 5) is 10.6. The minimum atomic E-state index is -3.76. The van der Waals surface area contributed by atoms with Crippen molar-refractivity contribution in [1.82, 2.24) is 0 Å². The van der Waals surface area contributed by atoms with Crippen LogP contribution in [0.25, 0.3) is 0 Å². The van der Waals surface area contributed by atoms with Crippen LogP contribution in [0.3, 0.4) is 0 Å². The molecule has 0 aromatic heterocycles. The predicted octanol–water partition coefficient (Wildman–Crippen LogP) is 9.65. The fourth-order valence-electron chi connectivity index (χ4n) is 5.08. The van der Waals surface area contributed by atoms with Gasteiger partial charge in [0.25, 0.3) is 0 Å². The second kappa shape index (κ2) is 26.4. The number of nitrogens with zero attached hydrogens (tertiary/aromatic N) is 1. The third-order valence-electron chi connectivity index (χ3n) is 7.70. The highest BCUT2D eigenvalue weighted by Gasteiger charge is 2.42. The first-order valence-electron chi connectivity index (χ1n) is 16.7. The molecule has 6 nitrogen and oxygen atoms in total. The maximum atomic E-state index is 12.9. The van der Waals surface area contributed by atoms with E-state index in [1.807, 2.05) is 28.1 Å². The molecule has 0 aromatic rings. The van der Waals surface area contributed by atoms with E-state index in [0.29, 0.717) is 24.1 Å². The lowest BCUT2D eigenvalue weighted by molar-refractivity contribution is -0.883. The van der Waals surface area contributed by atoms with E-state index in [0.717, 1.165) is 25.7 Å². The Bertz CT molecular complexity index is 622. The Labute approximate surface area is 249 Å². The van der Waals surface area contributed by atoms with Gasteiger partial charge in [0, 0.05) is 20.1 Å². The summed E-state index contributed by atoms with van der Waals surface area (Å²) in [6.45, 7) is 5.42. The average molecular weight is 591 g/mol. The molecule has 2 unspecified atom stereocenters. The van der Waals surface area contributed by atoms with Crippen LogP contribution in [0.2, 0.25) is 0 Å². The number of ether oxygens (including phenoxy) is 2. The highest BCUT2D eigenvalue weighted by atomic mass is 31.2. The van der Waals surface area contributed by atoms with Crippen molar-refractivity contribution < 1.29 is 27.9 Å². The van der Waals surface area contributed by atoms with Gasteiger partial charge in [0.05, 0.1) is 34.4 Å². The fourth-order valence-corrected chi connectivity index (χ4v) is 7.09. The molecule has 3 atom stereocenters. The third-order valence-corrected chi connectivity index (χ3v) is 9.92. The van der Waals surface area contributed by atoms with Crippen molar-refractivity contribution in [2.24, 2.45) is 0 Å². The maximum Gasteiger partial charge on any atom is 0.385 e. The molecular weight excluding hydrogens is 521 g/mol. The monoisotopic (exact) mass is 590 g/mol. The molecule has 0 bridgehead atoms. The molecule has 0 aromatic carbocycles. The SMILES string of the molecule is CCCCCCCCCCCCCCC/C=C\CCCCCOC[C@H](COP(=O)(O)C(CCC)[N+](C)(C)C)OC. The van der Waals surface area contributed by atoms with E-state index < -0.39 is 13.4 Å². The van der Waals surface area contributed by atoms with Gasteiger partial charge in [0.1, 0.15) is 6.10 Å². The van der Waals surface area contributed by atoms with Crippen LogP contribution in [0.1, 0.15) is 142 Å². The first-order chi connectivity index (χ1) is 19.2. The standard InChI is InChI=1S/C33H68NO5P/c1-7-9-10-11-12-13-14-15-16-17-18-19-20-21-22-23-24-25-26-27-29-38-30-32(37-6)31-39-40(35,36)33(28-8-2)34(3,4)5/h22-23,32-33H,7-21,24-31H2,1-6H3/p+1/b23-22-/t32-,33?/m1/s1. The lowest BCUT2D eigenvalue weighted by Gasteiger charge is -2.36. The van der Waals surface area contributed by atoms with Crippen LogP contribution in [0.15, 0.2) is 12.2 Å². The van der Waals surface area contributed by atoms with Gasteiger partial charge in [-0.25, -0.2) is 0 Å². The lowest BCUT2D eigenvalue weighted by Crippen LogP contribution is -2.45. The number of allylic oxidation sites excluding steroid dienone is 2. The normalized spacial score (nSPS) is 15.5. The molecule has 7 heteroatoms. The summed E-state index contributed by atoms with van der Waals surface area (Å²) in [6, 6.07) is 0. The van der Waals surface area contributed by atoms with Gasteiger partial charge in [-0.2, -0.15) is 0 Å². The van der Waals surface area contributed by atoms with Gasteiger partial charge >= 0.3 is 7.60 Å². The van der Waals surface area contributed by atoms with Crippen molar-refractivity contribution in [2.45, 2.75) is 154 Å². The quantitative estimate of drug-likeness (QED) is 0.0390. The molecule has 0 spiro atoms. The van der Waals surface area contributed by atoms with Gasteiger partial charge < -0.3 is 23.4 Å². The summed E-state index contributed by atoms with van der Waals surface area (Å²) in [5, 5.41) is 0.